The van der Waals surface area contributed by atoms with E-state index >= 15 is 0 Å². The van der Waals surface area contributed by atoms with Crippen LogP contribution < -0.4 is 19.8 Å². The molecule has 0 spiro atoms. The fourth-order valence-electron chi connectivity index (χ4n) is 3.20. The zero-order valence-corrected chi connectivity index (χ0v) is 19.2. The van der Waals surface area contributed by atoms with Crippen LogP contribution in [0.25, 0.3) is 16.6 Å². The molecule has 0 fully saturated rings. The van der Waals surface area contributed by atoms with Crippen LogP contribution in [0.1, 0.15) is 0 Å². The number of ether oxygens (including phenoxy) is 3. The largest absolute Gasteiger partial charge is 0.497 e. The lowest BCUT2D eigenvalue weighted by molar-refractivity contribution is 0.342. The summed E-state index contributed by atoms with van der Waals surface area (Å²) in [6.45, 7) is 0.447. The number of hydrogen-bond acceptors (Lipinski definition) is 6. The average Bonchev–Trinajstić information content (AvgIpc) is 2.82. The average molecular weight is 469 g/mol. The molecule has 1 heterocycles. The lowest BCUT2D eigenvalue weighted by atomic mass is 10.2. The van der Waals surface area contributed by atoms with Gasteiger partial charge in [-0.15, -0.1) is 0 Å². The second-order valence-electron chi connectivity index (χ2n) is 6.74. The van der Waals surface area contributed by atoms with Crippen molar-refractivity contribution in [3.8, 4) is 22.9 Å². The molecule has 4 aromatic rings. The van der Waals surface area contributed by atoms with E-state index in [-0.39, 0.29) is 5.56 Å². The smallest absolute Gasteiger partial charge is 0.266 e. The van der Waals surface area contributed by atoms with Gasteiger partial charge in [0.1, 0.15) is 17.2 Å². The SMILES string of the molecule is COc1ccc(OCCSc2nc3ccccc3c(=O)n2-c2ccc(OC)c(Cl)c2)cc1. The molecule has 8 heteroatoms. The Labute approximate surface area is 194 Å². The Morgan fingerprint density at radius 1 is 0.969 bits per heavy atom. The normalized spacial score (nSPS) is 10.8. The summed E-state index contributed by atoms with van der Waals surface area (Å²) in [7, 11) is 3.17. The first-order valence-electron chi connectivity index (χ1n) is 9.86. The van der Waals surface area contributed by atoms with Crippen molar-refractivity contribution in [2.45, 2.75) is 5.16 Å². The van der Waals surface area contributed by atoms with E-state index in [1.165, 1.54) is 11.8 Å². The summed E-state index contributed by atoms with van der Waals surface area (Å²) >= 11 is 7.76. The van der Waals surface area contributed by atoms with Crippen molar-refractivity contribution < 1.29 is 14.2 Å². The summed E-state index contributed by atoms with van der Waals surface area (Å²) < 4.78 is 17.8. The molecule has 6 nitrogen and oxygen atoms in total. The van der Waals surface area contributed by atoms with Crippen LogP contribution in [-0.4, -0.2) is 36.1 Å². The summed E-state index contributed by atoms with van der Waals surface area (Å²) in [5.41, 5.74) is 1.11. The highest BCUT2D eigenvalue weighted by atomic mass is 35.5. The minimum atomic E-state index is -0.157. The molecule has 1 aromatic heterocycles. The van der Waals surface area contributed by atoms with Crippen LogP contribution in [0.2, 0.25) is 5.02 Å². The number of para-hydroxylation sites is 1. The first-order chi connectivity index (χ1) is 15.6. The lowest BCUT2D eigenvalue weighted by Crippen LogP contribution is -2.22. The Kier molecular flexibility index (Phi) is 6.87. The van der Waals surface area contributed by atoms with Gasteiger partial charge in [0.25, 0.3) is 5.56 Å². The second kappa shape index (κ2) is 9.97. The predicted molar refractivity (Wildman–Crippen MR) is 128 cm³/mol. The second-order valence-corrected chi connectivity index (χ2v) is 8.21. The number of fused-ring (bicyclic) bond motifs is 1. The zero-order valence-electron chi connectivity index (χ0n) is 17.6. The van der Waals surface area contributed by atoms with Gasteiger partial charge in [0.05, 0.1) is 42.4 Å². The third kappa shape index (κ3) is 4.69. The van der Waals surface area contributed by atoms with E-state index in [0.717, 1.165) is 11.5 Å². The van der Waals surface area contributed by atoms with Crippen molar-refractivity contribution in [2.75, 3.05) is 26.6 Å². The Morgan fingerprint density at radius 2 is 1.72 bits per heavy atom. The molecule has 3 aromatic carbocycles. The van der Waals surface area contributed by atoms with Gasteiger partial charge < -0.3 is 14.2 Å². The van der Waals surface area contributed by atoms with Gasteiger partial charge in [-0.3, -0.25) is 9.36 Å². The first-order valence-corrected chi connectivity index (χ1v) is 11.2. The lowest BCUT2D eigenvalue weighted by Gasteiger charge is -2.14. The van der Waals surface area contributed by atoms with Crippen molar-refractivity contribution in [1.29, 1.82) is 0 Å². The van der Waals surface area contributed by atoms with Crippen LogP contribution in [0.3, 0.4) is 0 Å². The third-order valence-electron chi connectivity index (χ3n) is 4.78. The summed E-state index contributed by atoms with van der Waals surface area (Å²) in [5, 5.41) is 1.52. The van der Waals surface area contributed by atoms with E-state index < -0.39 is 0 Å². The molecular weight excluding hydrogens is 448 g/mol. The van der Waals surface area contributed by atoms with Gasteiger partial charge in [0.15, 0.2) is 5.16 Å². The fraction of sp³-hybridized carbons (Fsp3) is 0.167. The number of methoxy groups -OCH3 is 2. The molecule has 0 saturated carbocycles. The molecule has 0 radical (unpaired) electrons. The number of aromatic nitrogens is 2. The van der Waals surface area contributed by atoms with E-state index in [4.69, 9.17) is 30.8 Å². The number of nitrogens with zero attached hydrogens (tertiary/aromatic N) is 2. The van der Waals surface area contributed by atoms with Crippen LogP contribution >= 0.6 is 23.4 Å². The molecule has 0 atom stereocenters. The van der Waals surface area contributed by atoms with E-state index in [2.05, 4.69) is 0 Å². The standard InChI is InChI=1S/C24H21ClN2O4S/c1-29-17-8-10-18(11-9-17)31-13-14-32-24-26-21-6-4-3-5-19(21)23(28)27(24)16-7-12-22(30-2)20(25)15-16/h3-12,15H,13-14H2,1-2H3. The van der Waals surface area contributed by atoms with E-state index in [0.29, 0.717) is 44.9 Å². The minimum absolute atomic E-state index is 0.157. The Bertz CT molecular complexity index is 1290. The van der Waals surface area contributed by atoms with E-state index in [9.17, 15) is 4.79 Å². The molecule has 0 aliphatic rings. The maximum absolute atomic E-state index is 13.3. The minimum Gasteiger partial charge on any atom is -0.497 e. The quantitative estimate of drug-likeness (QED) is 0.200. The molecular formula is C24H21ClN2O4S. The summed E-state index contributed by atoms with van der Waals surface area (Å²) in [4.78, 5) is 18.1. The molecule has 0 bridgehead atoms. The van der Waals surface area contributed by atoms with Gasteiger partial charge in [-0.25, -0.2) is 4.98 Å². The molecule has 0 amide bonds. The van der Waals surface area contributed by atoms with Gasteiger partial charge in [0, 0.05) is 5.75 Å². The first kappa shape index (κ1) is 22.0. The summed E-state index contributed by atoms with van der Waals surface area (Å²) in [6.07, 6.45) is 0. The van der Waals surface area contributed by atoms with Crippen LogP contribution in [0, 0.1) is 0 Å². The van der Waals surface area contributed by atoms with Crippen molar-refractivity contribution in [3.63, 3.8) is 0 Å². The van der Waals surface area contributed by atoms with Gasteiger partial charge >= 0.3 is 0 Å². The van der Waals surface area contributed by atoms with E-state index in [1.807, 2.05) is 42.5 Å². The molecule has 0 unspecified atom stereocenters. The van der Waals surface area contributed by atoms with Crippen LogP contribution in [0.15, 0.2) is 76.7 Å². The van der Waals surface area contributed by atoms with E-state index in [1.54, 1.807) is 43.1 Å². The molecule has 0 N–H and O–H groups in total. The molecule has 0 aliphatic heterocycles. The number of benzene rings is 3. The highest BCUT2D eigenvalue weighted by molar-refractivity contribution is 7.99. The van der Waals surface area contributed by atoms with Crippen molar-refractivity contribution in [2.24, 2.45) is 0 Å². The molecule has 164 valence electrons. The van der Waals surface area contributed by atoms with Crippen molar-refractivity contribution >= 4 is 34.3 Å². The molecule has 0 saturated heterocycles. The Morgan fingerprint density at radius 3 is 2.44 bits per heavy atom. The number of hydrogen-bond donors (Lipinski definition) is 0. The predicted octanol–water partition coefficient (Wildman–Crippen LogP) is 5.23. The summed E-state index contributed by atoms with van der Waals surface area (Å²) in [6, 6.07) is 19.9. The van der Waals surface area contributed by atoms with Crippen LogP contribution in [0.4, 0.5) is 0 Å². The topological polar surface area (TPSA) is 62.6 Å². The van der Waals surface area contributed by atoms with Gasteiger partial charge in [-0.05, 0) is 54.6 Å². The summed E-state index contributed by atoms with van der Waals surface area (Å²) in [5.74, 6) is 2.66. The monoisotopic (exact) mass is 468 g/mol. The number of halogens is 1. The van der Waals surface area contributed by atoms with Gasteiger partial charge in [0.2, 0.25) is 0 Å². The van der Waals surface area contributed by atoms with Gasteiger partial charge in [-0.2, -0.15) is 0 Å². The van der Waals surface area contributed by atoms with Crippen LogP contribution in [-0.2, 0) is 0 Å². The Balaban J connectivity index is 1.61. The Hall–Kier alpha value is -3.16. The number of rotatable bonds is 8. The highest BCUT2D eigenvalue weighted by Crippen LogP contribution is 2.28. The van der Waals surface area contributed by atoms with Crippen LogP contribution in [0.5, 0.6) is 17.2 Å². The van der Waals surface area contributed by atoms with Crippen molar-refractivity contribution in [1.82, 2.24) is 9.55 Å². The number of thioether (sulfide) groups is 1. The molecule has 32 heavy (non-hydrogen) atoms. The molecule has 4 rings (SSSR count). The maximum atomic E-state index is 13.3. The highest BCUT2D eigenvalue weighted by Gasteiger charge is 2.14. The van der Waals surface area contributed by atoms with Crippen molar-refractivity contribution in [3.05, 3.63) is 82.1 Å². The maximum Gasteiger partial charge on any atom is 0.266 e. The third-order valence-corrected chi connectivity index (χ3v) is 5.98. The molecule has 0 aliphatic carbocycles. The zero-order chi connectivity index (χ0) is 22.5. The fourth-order valence-corrected chi connectivity index (χ4v) is 4.28. The van der Waals surface area contributed by atoms with Gasteiger partial charge in [-0.1, -0.05) is 35.5 Å².